The second kappa shape index (κ2) is 7.09. The minimum atomic E-state index is -0.993. The Hall–Kier alpha value is -2.63. The van der Waals surface area contributed by atoms with Crippen LogP contribution >= 0.6 is 0 Å². The summed E-state index contributed by atoms with van der Waals surface area (Å²) >= 11 is 0. The van der Waals surface area contributed by atoms with Crippen LogP contribution in [0.3, 0.4) is 0 Å². The molecular formula is C17H21N3O3. The lowest BCUT2D eigenvalue weighted by molar-refractivity contribution is -0.114. The first-order valence-electron chi connectivity index (χ1n) is 7.67. The van der Waals surface area contributed by atoms with E-state index in [0.717, 1.165) is 18.4 Å². The third-order valence-corrected chi connectivity index (χ3v) is 3.93. The van der Waals surface area contributed by atoms with Gasteiger partial charge in [-0.25, -0.2) is 9.78 Å². The Morgan fingerprint density at radius 3 is 2.61 bits per heavy atom. The predicted molar refractivity (Wildman–Crippen MR) is 88.3 cm³/mol. The number of aromatic nitrogens is 2. The number of aromatic carboxylic acids is 1. The van der Waals surface area contributed by atoms with Crippen LogP contribution in [0.5, 0.6) is 0 Å². The zero-order valence-electron chi connectivity index (χ0n) is 13.3. The molecule has 0 aliphatic rings. The van der Waals surface area contributed by atoms with Gasteiger partial charge in [-0.15, -0.1) is 0 Å². The number of carbonyl (C=O) groups is 2. The molecule has 23 heavy (non-hydrogen) atoms. The number of hydrogen-bond donors (Lipinski definition) is 2. The van der Waals surface area contributed by atoms with Gasteiger partial charge in [-0.1, -0.05) is 13.8 Å². The maximum Gasteiger partial charge on any atom is 0.335 e. The third-order valence-electron chi connectivity index (χ3n) is 3.93. The average Bonchev–Trinajstić information content (AvgIpc) is 2.86. The van der Waals surface area contributed by atoms with E-state index in [0.29, 0.717) is 11.3 Å². The number of nitrogens with zero attached hydrogens (tertiary/aromatic N) is 2. The zero-order chi connectivity index (χ0) is 17.0. The van der Waals surface area contributed by atoms with Crippen molar-refractivity contribution < 1.29 is 14.7 Å². The summed E-state index contributed by atoms with van der Waals surface area (Å²) in [6.45, 7) is 4.16. The van der Waals surface area contributed by atoms with Gasteiger partial charge in [0.2, 0.25) is 0 Å². The Morgan fingerprint density at radius 1 is 1.35 bits per heavy atom. The van der Waals surface area contributed by atoms with Gasteiger partial charge in [0.15, 0.2) is 5.78 Å². The van der Waals surface area contributed by atoms with Crippen LogP contribution in [0.2, 0.25) is 0 Å². The summed E-state index contributed by atoms with van der Waals surface area (Å²) in [5.41, 5.74) is 6.90. The van der Waals surface area contributed by atoms with Crippen LogP contribution in [0.15, 0.2) is 30.5 Å². The fourth-order valence-electron chi connectivity index (χ4n) is 2.79. The van der Waals surface area contributed by atoms with Crippen molar-refractivity contribution in [3.63, 3.8) is 0 Å². The number of rotatable bonds is 7. The molecule has 0 aliphatic heterocycles. The van der Waals surface area contributed by atoms with Gasteiger partial charge in [-0.3, -0.25) is 4.79 Å². The number of hydrogen-bond acceptors (Lipinski definition) is 4. The first-order chi connectivity index (χ1) is 11.0. The van der Waals surface area contributed by atoms with Gasteiger partial charge in [-0.05, 0) is 43.3 Å². The van der Waals surface area contributed by atoms with Crippen molar-refractivity contribution in [2.45, 2.75) is 39.2 Å². The van der Waals surface area contributed by atoms with Crippen molar-refractivity contribution in [3.8, 4) is 0 Å². The minimum absolute atomic E-state index is 0.131. The summed E-state index contributed by atoms with van der Waals surface area (Å²) in [5.74, 6) is -0.486. The van der Waals surface area contributed by atoms with E-state index >= 15 is 0 Å². The number of benzene rings is 1. The Morgan fingerprint density at radius 2 is 2.04 bits per heavy atom. The lowest BCUT2D eigenvalue weighted by Crippen LogP contribution is -2.14. The van der Waals surface area contributed by atoms with Gasteiger partial charge in [-0.2, -0.15) is 0 Å². The molecule has 0 saturated heterocycles. The Balaban J connectivity index is 2.60. The summed E-state index contributed by atoms with van der Waals surface area (Å²) < 4.78 is 2.04. The van der Waals surface area contributed by atoms with E-state index in [4.69, 9.17) is 10.8 Å². The molecule has 0 radical (unpaired) electrons. The summed E-state index contributed by atoms with van der Waals surface area (Å²) in [7, 11) is 0. The fraction of sp³-hybridized carbons (Fsp3) is 0.353. The normalized spacial score (nSPS) is 11.6. The molecule has 0 amide bonds. The monoisotopic (exact) mass is 315 g/mol. The third kappa shape index (κ3) is 3.41. The van der Waals surface area contributed by atoms with Crippen molar-refractivity contribution in [1.82, 2.24) is 9.55 Å². The molecular weight excluding hydrogens is 294 g/mol. The van der Waals surface area contributed by atoms with Crippen LogP contribution in [0, 0.1) is 0 Å². The maximum absolute atomic E-state index is 11.9. The highest BCUT2D eigenvalue weighted by Gasteiger charge is 2.19. The minimum Gasteiger partial charge on any atom is -0.478 e. The van der Waals surface area contributed by atoms with Gasteiger partial charge >= 0.3 is 5.97 Å². The lowest BCUT2D eigenvalue weighted by Gasteiger charge is -2.18. The molecule has 1 heterocycles. The summed E-state index contributed by atoms with van der Waals surface area (Å²) in [6, 6.07) is 5.08. The van der Waals surface area contributed by atoms with Crippen molar-refractivity contribution in [1.29, 1.82) is 0 Å². The molecule has 2 rings (SSSR count). The molecule has 0 aliphatic carbocycles. The van der Waals surface area contributed by atoms with Crippen LogP contribution in [0.25, 0.3) is 11.0 Å². The van der Waals surface area contributed by atoms with Gasteiger partial charge in [0.05, 0.1) is 23.0 Å². The molecule has 6 heteroatoms. The highest BCUT2D eigenvalue weighted by Crippen LogP contribution is 2.26. The molecule has 0 fully saturated rings. The summed E-state index contributed by atoms with van der Waals surface area (Å²) in [5, 5.41) is 9.13. The van der Waals surface area contributed by atoms with Gasteiger partial charge in [0.1, 0.15) is 5.82 Å². The Bertz CT molecular complexity index is 758. The molecule has 6 nitrogen and oxygen atoms in total. The highest BCUT2D eigenvalue weighted by atomic mass is 16.4. The van der Waals surface area contributed by atoms with Crippen molar-refractivity contribution >= 4 is 22.8 Å². The number of ketones is 1. The summed E-state index contributed by atoms with van der Waals surface area (Å²) in [4.78, 5) is 27.5. The van der Waals surface area contributed by atoms with Crippen LogP contribution in [0.1, 0.15) is 48.9 Å². The largest absolute Gasteiger partial charge is 0.478 e. The van der Waals surface area contributed by atoms with E-state index in [-0.39, 0.29) is 23.8 Å². The van der Waals surface area contributed by atoms with Crippen LogP contribution in [0.4, 0.5) is 0 Å². The number of imidazole rings is 1. The Labute approximate surface area is 134 Å². The molecule has 0 bridgehead atoms. The highest BCUT2D eigenvalue weighted by molar-refractivity contribution is 5.94. The SMILES string of the molecule is CCC(CC)n1c(CC(=O)C=CN)nc2cc(C(=O)O)ccc21. The molecule has 0 saturated carbocycles. The van der Waals surface area contributed by atoms with E-state index in [1.165, 1.54) is 12.3 Å². The van der Waals surface area contributed by atoms with E-state index < -0.39 is 5.97 Å². The predicted octanol–water partition coefficient (Wildman–Crippen LogP) is 2.68. The van der Waals surface area contributed by atoms with Crippen molar-refractivity contribution in [2.24, 2.45) is 5.73 Å². The standard InChI is InChI=1S/C17H21N3O3/c1-3-12(4-2)20-15-6-5-11(17(22)23)9-14(15)19-16(20)10-13(21)7-8-18/h5-9,12H,3-4,10,18H2,1-2H3,(H,22,23). The fourth-order valence-corrected chi connectivity index (χ4v) is 2.79. The second-order valence-corrected chi connectivity index (χ2v) is 5.38. The number of carboxylic acid groups (broad SMARTS) is 1. The van der Waals surface area contributed by atoms with Crippen LogP contribution in [-0.2, 0) is 11.2 Å². The van der Waals surface area contributed by atoms with E-state index in [2.05, 4.69) is 18.8 Å². The van der Waals surface area contributed by atoms with Crippen molar-refractivity contribution in [3.05, 3.63) is 41.9 Å². The first kappa shape index (κ1) is 16.7. The van der Waals surface area contributed by atoms with Crippen LogP contribution in [-0.4, -0.2) is 26.4 Å². The molecule has 2 aromatic rings. The van der Waals surface area contributed by atoms with Crippen LogP contribution < -0.4 is 5.73 Å². The van der Waals surface area contributed by atoms with Gasteiger partial charge in [0, 0.05) is 6.04 Å². The van der Waals surface area contributed by atoms with Crippen molar-refractivity contribution in [2.75, 3.05) is 0 Å². The molecule has 122 valence electrons. The Kier molecular flexibility index (Phi) is 5.16. The zero-order valence-corrected chi connectivity index (χ0v) is 13.3. The molecule has 1 aromatic heterocycles. The number of fused-ring (bicyclic) bond motifs is 1. The molecule has 1 aromatic carbocycles. The quantitative estimate of drug-likeness (QED) is 0.765. The van der Waals surface area contributed by atoms with Gasteiger partial charge < -0.3 is 15.4 Å². The molecule has 3 N–H and O–H groups in total. The summed E-state index contributed by atoms with van der Waals surface area (Å²) in [6.07, 6.45) is 4.47. The first-order valence-corrected chi connectivity index (χ1v) is 7.67. The van der Waals surface area contributed by atoms with Gasteiger partial charge in [0.25, 0.3) is 0 Å². The molecule has 0 atom stereocenters. The van der Waals surface area contributed by atoms with E-state index in [1.54, 1.807) is 18.2 Å². The second-order valence-electron chi connectivity index (χ2n) is 5.38. The number of carbonyl (C=O) groups excluding carboxylic acids is 1. The van der Waals surface area contributed by atoms with E-state index in [9.17, 15) is 9.59 Å². The van der Waals surface area contributed by atoms with E-state index in [1.807, 2.05) is 4.57 Å². The lowest BCUT2D eigenvalue weighted by atomic mass is 10.1. The average molecular weight is 315 g/mol. The topological polar surface area (TPSA) is 98.2 Å². The number of carboxylic acids is 1. The maximum atomic E-state index is 11.9. The molecule has 0 unspecified atom stereocenters. The smallest absolute Gasteiger partial charge is 0.335 e. The number of allylic oxidation sites excluding steroid dienone is 1. The number of nitrogens with two attached hydrogens (primary N) is 1. The molecule has 0 spiro atoms.